The van der Waals surface area contributed by atoms with Gasteiger partial charge < -0.3 is 5.11 Å². The van der Waals surface area contributed by atoms with E-state index in [2.05, 4.69) is 26.1 Å². The number of aromatic amines is 1. The number of nitrogens with one attached hydrogen (secondary N) is 1. The van der Waals surface area contributed by atoms with Crippen molar-refractivity contribution < 1.29 is 9.90 Å². The van der Waals surface area contributed by atoms with Crippen LogP contribution < -0.4 is 0 Å². The summed E-state index contributed by atoms with van der Waals surface area (Å²) in [6.45, 7) is 2.01. The molecule has 0 aliphatic heterocycles. The average molecular weight is 481 g/mol. The lowest BCUT2D eigenvalue weighted by atomic mass is 10.1. The van der Waals surface area contributed by atoms with Crippen molar-refractivity contribution in [2.75, 3.05) is 0 Å². The van der Waals surface area contributed by atoms with E-state index in [-0.39, 0.29) is 9.90 Å². The van der Waals surface area contributed by atoms with Crippen molar-refractivity contribution in [2.24, 2.45) is 0 Å². The molecule has 0 spiro atoms. The molecule has 136 valence electrons. The lowest BCUT2D eigenvalue weighted by Gasteiger charge is -2.08. The summed E-state index contributed by atoms with van der Waals surface area (Å²) < 4.78 is 4.07. The standard InChI is InChI=1S/C18H11BrClN3O2S2/c1-8-6-9(2-5-12(8)19)16-21-22-18(26)23(16)10-3-4-11-13(7-10)27-15(14(11)20)17(24)25/h2-7H,1H3,(H,22,26)(H,24,25). The highest BCUT2D eigenvalue weighted by atomic mass is 79.9. The molecule has 2 N–H and O–H groups in total. The van der Waals surface area contributed by atoms with Gasteiger partial charge in [-0.3, -0.25) is 9.67 Å². The van der Waals surface area contributed by atoms with Crippen molar-refractivity contribution in [3.63, 3.8) is 0 Å². The summed E-state index contributed by atoms with van der Waals surface area (Å²) in [4.78, 5) is 11.5. The first-order valence-electron chi connectivity index (χ1n) is 7.76. The Labute approximate surface area is 176 Å². The number of aryl methyl sites for hydroxylation is 1. The van der Waals surface area contributed by atoms with Gasteiger partial charge in [-0.05, 0) is 55.0 Å². The lowest BCUT2D eigenvalue weighted by molar-refractivity contribution is 0.0702. The number of nitrogens with zero attached hydrogens (tertiary/aromatic N) is 2. The maximum absolute atomic E-state index is 11.3. The minimum absolute atomic E-state index is 0.128. The van der Waals surface area contributed by atoms with E-state index in [0.29, 0.717) is 16.0 Å². The molecule has 0 aliphatic carbocycles. The normalized spacial score (nSPS) is 11.2. The van der Waals surface area contributed by atoms with Crippen molar-refractivity contribution in [1.29, 1.82) is 0 Å². The van der Waals surface area contributed by atoms with E-state index in [1.54, 1.807) is 6.07 Å². The molecule has 2 heterocycles. The van der Waals surface area contributed by atoms with Crippen LogP contribution in [0.25, 0.3) is 27.2 Å². The minimum atomic E-state index is -1.03. The van der Waals surface area contributed by atoms with Crippen LogP contribution in [0, 0.1) is 11.7 Å². The van der Waals surface area contributed by atoms with E-state index in [4.69, 9.17) is 23.8 Å². The first kappa shape index (κ1) is 18.4. The van der Waals surface area contributed by atoms with Gasteiger partial charge in [-0.15, -0.1) is 11.3 Å². The van der Waals surface area contributed by atoms with Gasteiger partial charge in [0.25, 0.3) is 0 Å². The molecule has 0 saturated carbocycles. The number of halogens is 2. The minimum Gasteiger partial charge on any atom is -0.477 e. The predicted molar refractivity (Wildman–Crippen MR) is 114 cm³/mol. The summed E-state index contributed by atoms with van der Waals surface area (Å²) in [5, 5.41) is 17.5. The van der Waals surface area contributed by atoms with E-state index in [0.717, 1.165) is 37.3 Å². The number of aromatic nitrogens is 3. The summed E-state index contributed by atoms with van der Waals surface area (Å²) >= 11 is 16.3. The Kier molecular flexibility index (Phi) is 4.67. The molecule has 0 bridgehead atoms. The van der Waals surface area contributed by atoms with Gasteiger partial charge in [-0.1, -0.05) is 33.6 Å². The Bertz CT molecular complexity index is 1280. The highest BCUT2D eigenvalue weighted by Gasteiger charge is 2.18. The molecule has 2 aromatic carbocycles. The summed E-state index contributed by atoms with van der Waals surface area (Å²) in [6.07, 6.45) is 0. The Morgan fingerprint density at radius 2 is 2.11 bits per heavy atom. The number of carboxylic acid groups (broad SMARTS) is 1. The van der Waals surface area contributed by atoms with Crippen LogP contribution in [0.5, 0.6) is 0 Å². The highest BCUT2D eigenvalue weighted by molar-refractivity contribution is 9.10. The number of carbonyl (C=O) groups is 1. The Hall–Kier alpha value is -2.00. The predicted octanol–water partition coefficient (Wildman–Crippen LogP) is 6.23. The molecule has 9 heteroatoms. The third-order valence-electron chi connectivity index (χ3n) is 4.15. The molecule has 2 aromatic heterocycles. The van der Waals surface area contributed by atoms with Crippen molar-refractivity contribution >= 4 is 67.1 Å². The fourth-order valence-corrected chi connectivity index (χ4v) is 4.71. The number of aromatic carboxylic acids is 1. The Balaban J connectivity index is 1.91. The molecule has 0 atom stereocenters. The van der Waals surface area contributed by atoms with Crippen LogP contribution >= 0.6 is 51.1 Å². The fourth-order valence-electron chi connectivity index (χ4n) is 2.84. The van der Waals surface area contributed by atoms with E-state index in [9.17, 15) is 9.90 Å². The molecular weight excluding hydrogens is 470 g/mol. The molecule has 0 amide bonds. The third kappa shape index (κ3) is 3.12. The summed E-state index contributed by atoms with van der Waals surface area (Å²) in [5.74, 6) is -0.357. The maximum atomic E-state index is 11.3. The van der Waals surface area contributed by atoms with Gasteiger partial charge in [0.15, 0.2) is 10.6 Å². The number of thiophene rings is 1. The van der Waals surface area contributed by atoms with Crippen LogP contribution in [0.4, 0.5) is 0 Å². The van der Waals surface area contributed by atoms with Crippen LogP contribution in [0.15, 0.2) is 40.9 Å². The van der Waals surface area contributed by atoms with Gasteiger partial charge in [0.05, 0.1) is 10.7 Å². The van der Waals surface area contributed by atoms with Crippen LogP contribution in [-0.4, -0.2) is 25.8 Å². The number of hydrogen-bond acceptors (Lipinski definition) is 4. The van der Waals surface area contributed by atoms with Crippen molar-refractivity contribution in [1.82, 2.24) is 14.8 Å². The SMILES string of the molecule is Cc1cc(-c2n[nH]c(=S)n2-c2ccc3c(Cl)c(C(=O)O)sc3c2)ccc1Br. The molecule has 0 unspecified atom stereocenters. The molecule has 5 nitrogen and oxygen atoms in total. The van der Waals surface area contributed by atoms with E-state index < -0.39 is 5.97 Å². The zero-order valence-corrected chi connectivity index (χ0v) is 17.8. The first-order chi connectivity index (χ1) is 12.9. The Morgan fingerprint density at radius 3 is 2.81 bits per heavy atom. The summed E-state index contributed by atoms with van der Waals surface area (Å²) in [7, 11) is 0. The molecular formula is C18H11BrClN3O2S2. The molecule has 27 heavy (non-hydrogen) atoms. The molecule has 0 saturated heterocycles. The van der Waals surface area contributed by atoms with Gasteiger partial charge in [0, 0.05) is 20.1 Å². The second-order valence-corrected chi connectivity index (χ2v) is 8.55. The molecule has 0 aliphatic rings. The van der Waals surface area contributed by atoms with Gasteiger partial charge in [0.1, 0.15) is 4.88 Å². The summed E-state index contributed by atoms with van der Waals surface area (Å²) in [5.41, 5.74) is 2.78. The van der Waals surface area contributed by atoms with Crippen LogP contribution in [0.1, 0.15) is 15.2 Å². The van der Waals surface area contributed by atoms with Crippen LogP contribution in [0.2, 0.25) is 5.02 Å². The van der Waals surface area contributed by atoms with E-state index in [1.165, 1.54) is 0 Å². The van der Waals surface area contributed by atoms with Crippen LogP contribution in [0.3, 0.4) is 0 Å². The second-order valence-electron chi connectivity index (χ2n) is 5.88. The summed E-state index contributed by atoms with van der Waals surface area (Å²) in [6, 6.07) is 11.5. The lowest BCUT2D eigenvalue weighted by Crippen LogP contribution is -1.98. The number of carboxylic acids is 1. The number of benzene rings is 2. The number of rotatable bonds is 3. The Morgan fingerprint density at radius 1 is 1.33 bits per heavy atom. The molecule has 4 aromatic rings. The number of hydrogen-bond donors (Lipinski definition) is 2. The molecule has 4 rings (SSSR count). The zero-order valence-electron chi connectivity index (χ0n) is 13.8. The molecule has 0 fully saturated rings. The van der Waals surface area contributed by atoms with Crippen molar-refractivity contribution in [2.45, 2.75) is 6.92 Å². The smallest absolute Gasteiger partial charge is 0.347 e. The van der Waals surface area contributed by atoms with Gasteiger partial charge >= 0.3 is 5.97 Å². The quantitative estimate of drug-likeness (QED) is 0.341. The van der Waals surface area contributed by atoms with Gasteiger partial charge in [-0.25, -0.2) is 4.79 Å². The number of fused-ring (bicyclic) bond motifs is 1. The van der Waals surface area contributed by atoms with E-state index >= 15 is 0 Å². The number of H-pyrrole nitrogens is 1. The van der Waals surface area contributed by atoms with Crippen LogP contribution in [-0.2, 0) is 0 Å². The molecule has 0 radical (unpaired) electrons. The fraction of sp³-hybridized carbons (Fsp3) is 0.0556. The monoisotopic (exact) mass is 479 g/mol. The zero-order chi connectivity index (χ0) is 19.3. The highest BCUT2D eigenvalue weighted by Crippen LogP contribution is 2.37. The topological polar surface area (TPSA) is 70.9 Å². The van der Waals surface area contributed by atoms with Gasteiger partial charge in [0.2, 0.25) is 0 Å². The largest absolute Gasteiger partial charge is 0.477 e. The van der Waals surface area contributed by atoms with Gasteiger partial charge in [-0.2, -0.15) is 5.10 Å². The third-order valence-corrected chi connectivity index (χ3v) is 6.96. The maximum Gasteiger partial charge on any atom is 0.347 e. The van der Waals surface area contributed by atoms with E-state index in [1.807, 2.05) is 41.8 Å². The van der Waals surface area contributed by atoms with Crippen molar-refractivity contribution in [3.05, 3.63) is 61.1 Å². The average Bonchev–Trinajstić information content (AvgIpc) is 3.17. The van der Waals surface area contributed by atoms with Crippen molar-refractivity contribution in [3.8, 4) is 17.1 Å². The first-order valence-corrected chi connectivity index (χ1v) is 10.2. The second kappa shape index (κ2) is 6.87.